The Bertz CT molecular complexity index is 1440. The minimum absolute atomic E-state index is 0.0859. The molecule has 4 heterocycles. The van der Waals surface area contributed by atoms with Crippen molar-refractivity contribution in [3.63, 3.8) is 0 Å². The summed E-state index contributed by atoms with van der Waals surface area (Å²) in [6.45, 7) is 1.92. The SMILES string of the molecule is Cc1cccc(-n2nc(CC(=O)Nc3ccccc3Cl)cc2-c2ccc3ncnn3c2)n1. The van der Waals surface area contributed by atoms with E-state index in [0.29, 0.717) is 22.2 Å². The van der Waals surface area contributed by atoms with Crippen LogP contribution in [-0.4, -0.2) is 35.3 Å². The Morgan fingerprint density at radius 3 is 2.81 bits per heavy atom. The van der Waals surface area contributed by atoms with Gasteiger partial charge in [-0.3, -0.25) is 4.79 Å². The maximum atomic E-state index is 12.7. The van der Waals surface area contributed by atoms with Gasteiger partial charge in [-0.2, -0.15) is 10.2 Å². The Morgan fingerprint density at radius 2 is 1.97 bits per heavy atom. The van der Waals surface area contributed by atoms with Gasteiger partial charge in [-0.25, -0.2) is 19.2 Å². The van der Waals surface area contributed by atoms with Crippen molar-refractivity contribution in [1.29, 1.82) is 0 Å². The van der Waals surface area contributed by atoms with E-state index in [1.54, 1.807) is 21.3 Å². The van der Waals surface area contributed by atoms with Crippen molar-refractivity contribution in [3.8, 4) is 17.1 Å². The predicted molar refractivity (Wildman–Crippen MR) is 122 cm³/mol. The first kappa shape index (κ1) is 19.9. The van der Waals surface area contributed by atoms with Gasteiger partial charge in [0, 0.05) is 17.5 Å². The molecule has 0 aliphatic rings. The van der Waals surface area contributed by atoms with Crippen LogP contribution < -0.4 is 5.32 Å². The summed E-state index contributed by atoms with van der Waals surface area (Å²) in [4.78, 5) is 21.5. The Kier molecular flexibility index (Phi) is 5.12. The molecule has 0 fully saturated rings. The molecular weight excluding hydrogens is 426 g/mol. The Hall–Kier alpha value is -4.04. The van der Waals surface area contributed by atoms with E-state index in [1.807, 2.05) is 61.7 Å². The average Bonchev–Trinajstić information content (AvgIpc) is 3.42. The molecule has 5 aromatic rings. The normalized spacial score (nSPS) is 11.1. The van der Waals surface area contributed by atoms with Crippen LogP contribution in [0.15, 0.2) is 73.2 Å². The highest BCUT2D eigenvalue weighted by Gasteiger charge is 2.16. The molecule has 0 unspecified atom stereocenters. The van der Waals surface area contributed by atoms with Gasteiger partial charge in [-0.15, -0.1) is 0 Å². The second-order valence-corrected chi connectivity index (χ2v) is 7.66. The minimum Gasteiger partial charge on any atom is -0.324 e. The molecule has 0 radical (unpaired) electrons. The van der Waals surface area contributed by atoms with Crippen molar-refractivity contribution in [3.05, 3.63) is 89.6 Å². The van der Waals surface area contributed by atoms with Gasteiger partial charge in [0.25, 0.3) is 0 Å². The number of carbonyl (C=O) groups is 1. The number of carbonyl (C=O) groups excluding carboxylic acids is 1. The highest BCUT2D eigenvalue weighted by Crippen LogP contribution is 2.25. The number of amides is 1. The monoisotopic (exact) mass is 443 g/mol. The molecule has 1 amide bonds. The first-order chi connectivity index (χ1) is 15.6. The number of nitrogens with zero attached hydrogens (tertiary/aromatic N) is 6. The third kappa shape index (κ3) is 3.95. The van der Waals surface area contributed by atoms with Gasteiger partial charge in [0.05, 0.1) is 28.5 Å². The summed E-state index contributed by atoms with van der Waals surface area (Å²) in [6.07, 6.45) is 3.46. The van der Waals surface area contributed by atoms with E-state index in [4.69, 9.17) is 11.6 Å². The van der Waals surface area contributed by atoms with Crippen molar-refractivity contribution in [1.82, 2.24) is 29.4 Å². The molecule has 158 valence electrons. The van der Waals surface area contributed by atoms with E-state index < -0.39 is 0 Å². The molecule has 4 aromatic heterocycles. The number of para-hydroxylation sites is 1. The number of hydrogen-bond donors (Lipinski definition) is 1. The molecule has 5 rings (SSSR count). The van der Waals surface area contributed by atoms with Crippen LogP contribution >= 0.6 is 11.6 Å². The quantitative estimate of drug-likeness (QED) is 0.441. The smallest absolute Gasteiger partial charge is 0.230 e. The number of anilines is 1. The Balaban J connectivity index is 1.52. The van der Waals surface area contributed by atoms with E-state index in [9.17, 15) is 4.79 Å². The van der Waals surface area contributed by atoms with E-state index in [1.165, 1.54) is 6.33 Å². The number of nitrogens with one attached hydrogen (secondary N) is 1. The molecule has 0 spiro atoms. The third-order valence-electron chi connectivity index (χ3n) is 4.91. The zero-order valence-electron chi connectivity index (χ0n) is 17.1. The van der Waals surface area contributed by atoms with Crippen LogP contribution in [0.4, 0.5) is 5.69 Å². The van der Waals surface area contributed by atoms with Gasteiger partial charge in [0.15, 0.2) is 11.5 Å². The molecular formula is C23H18ClN7O. The lowest BCUT2D eigenvalue weighted by Gasteiger charge is -2.07. The van der Waals surface area contributed by atoms with E-state index in [0.717, 1.165) is 22.6 Å². The van der Waals surface area contributed by atoms with Crippen LogP contribution in [0.2, 0.25) is 5.02 Å². The molecule has 0 saturated heterocycles. The molecule has 8 nitrogen and oxygen atoms in total. The topological polar surface area (TPSA) is 90.0 Å². The number of rotatable bonds is 5. The van der Waals surface area contributed by atoms with Crippen molar-refractivity contribution in [2.45, 2.75) is 13.3 Å². The molecule has 1 N–H and O–H groups in total. The first-order valence-corrected chi connectivity index (χ1v) is 10.3. The third-order valence-corrected chi connectivity index (χ3v) is 5.24. The lowest BCUT2D eigenvalue weighted by molar-refractivity contribution is -0.115. The summed E-state index contributed by atoms with van der Waals surface area (Å²) in [5.41, 5.74) is 4.45. The Morgan fingerprint density at radius 1 is 1.09 bits per heavy atom. The molecule has 0 aliphatic carbocycles. The van der Waals surface area contributed by atoms with Crippen molar-refractivity contribution in [2.75, 3.05) is 5.32 Å². The van der Waals surface area contributed by atoms with Crippen LogP contribution in [0.3, 0.4) is 0 Å². The molecule has 9 heteroatoms. The van der Waals surface area contributed by atoms with Gasteiger partial charge < -0.3 is 5.32 Å². The highest BCUT2D eigenvalue weighted by molar-refractivity contribution is 6.33. The number of aromatic nitrogens is 6. The predicted octanol–water partition coefficient (Wildman–Crippen LogP) is 4.12. The number of pyridine rings is 2. The summed E-state index contributed by atoms with van der Waals surface area (Å²) in [5, 5.41) is 12.2. The fourth-order valence-electron chi connectivity index (χ4n) is 3.43. The van der Waals surface area contributed by atoms with E-state index in [2.05, 4.69) is 25.5 Å². The van der Waals surface area contributed by atoms with Gasteiger partial charge in [-0.1, -0.05) is 29.8 Å². The molecule has 0 aliphatic heterocycles. The van der Waals surface area contributed by atoms with E-state index in [-0.39, 0.29) is 12.3 Å². The molecule has 0 atom stereocenters. The summed E-state index contributed by atoms with van der Waals surface area (Å²) in [7, 11) is 0. The summed E-state index contributed by atoms with van der Waals surface area (Å²) < 4.78 is 3.43. The number of benzene rings is 1. The van der Waals surface area contributed by atoms with Gasteiger partial charge in [0.2, 0.25) is 5.91 Å². The van der Waals surface area contributed by atoms with Crippen LogP contribution in [0.25, 0.3) is 22.7 Å². The van der Waals surface area contributed by atoms with Crippen molar-refractivity contribution >= 4 is 28.8 Å². The largest absolute Gasteiger partial charge is 0.324 e. The van der Waals surface area contributed by atoms with Crippen LogP contribution in [0.1, 0.15) is 11.4 Å². The van der Waals surface area contributed by atoms with Crippen molar-refractivity contribution < 1.29 is 4.79 Å². The average molecular weight is 444 g/mol. The Labute approximate surface area is 188 Å². The van der Waals surface area contributed by atoms with Crippen LogP contribution in [0, 0.1) is 6.92 Å². The maximum Gasteiger partial charge on any atom is 0.230 e. The summed E-state index contributed by atoms with van der Waals surface area (Å²) in [5.74, 6) is 0.453. The van der Waals surface area contributed by atoms with E-state index >= 15 is 0 Å². The fraction of sp³-hybridized carbons (Fsp3) is 0.0870. The lowest BCUT2D eigenvalue weighted by Crippen LogP contribution is -2.15. The number of aryl methyl sites for hydroxylation is 1. The lowest BCUT2D eigenvalue weighted by atomic mass is 10.1. The molecule has 1 aromatic carbocycles. The zero-order chi connectivity index (χ0) is 22.1. The van der Waals surface area contributed by atoms with Gasteiger partial charge in [0.1, 0.15) is 6.33 Å². The van der Waals surface area contributed by atoms with Gasteiger partial charge in [-0.05, 0) is 49.4 Å². The standard InChI is InChI=1S/C23H18ClN7O/c1-15-5-4-8-22(27-15)31-20(16-9-10-21-25-14-26-30(21)13-16)11-17(29-31)12-23(32)28-19-7-3-2-6-18(19)24/h2-11,13-14H,12H2,1H3,(H,28,32). The maximum absolute atomic E-state index is 12.7. The highest BCUT2D eigenvalue weighted by atomic mass is 35.5. The summed E-state index contributed by atoms with van der Waals surface area (Å²) >= 11 is 6.16. The number of fused-ring (bicyclic) bond motifs is 1. The zero-order valence-corrected chi connectivity index (χ0v) is 17.9. The number of halogens is 1. The second kappa shape index (κ2) is 8.24. The van der Waals surface area contributed by atoms with Gasteiger partial charge >= 0.3 is 0 Å². The summed E-state index contributed by atoms with van der Waals surface area (Å²) in [6, 6.07) is 18.6. The fourth-order valence-corrected chi connectivity index (χ4v) is 3.62. The van der Waals surface area contributed by atoms with Crippen molar-refractivity contribution in [2.24, 2.45) is 0 Å². The second-order valence-electron chi connectivity index (χ2n) is 7.26. The first-order valence-electron chi connectivity index (χ1n) is 9.94. The van der Waals surface area contributed by atoms with Crippen LogP contribution in [0.5, 0.6) is 0 Å². The molecule has 0 saturated carbocycles. The molecule has 32 heavy (non-hydrogen) atoms. The minimum atomic E-state index is -0.210. The van der Waals surface area contributed by atoms with Crippen LogP contribution in [-0.2, 0) is 11.2 Å². The number of hydrogen-bond acceptors (Lipinski definition) is 5. The molecule has 0 bridgehead atoms.